The highest BCUT2D eigenvalue weighted by atomic mass is 35.5. The smallest absolute Gasteiger partial charge is 0.244 e. The summed E-state index contributed by atoms with van der Waals surface area (Å²) in [6.45, 7) is 2.03. The minimum absolute atomic E-state index is 0.108. The lowest BCUT2D eigenvalue weighted by atomic mass is 10.0. The van der Waals surface area contributed by atoms with Crippen LogP contribution < -0.4 is 5.32 Å². The Labute approximate surface area is 228 Å². The van der Waals surface area contributed by atoms with Gasteiger partial charge in [0, 0.05) is 16.7 Å². The molecule has 38 heavy (non-hydrogen) atoms. The third kappa shape index (κ3) is 6.19. The van der Waals surface area contributed by atoms with Crippen LogP contribution in [0.25, 0.3) is 22.0 Å². The maximum Gasteiger partial charge on any atom is 0.244 e. The quantitative estimate of drug-likeness (QED) is 0.269. The van der Waals surface area contributed by atoms with E-state index in [0.29, 0.717) is 22.7 Å². The Morgan fingerprint density at radius 2 is 1.95 bits per heavy atom. The zero-order valence-corrected chi connectivity index (χ0v) is 22.0. The molecule has 0 spiro atoms. The van der Waals surface area contributed by atoms with Gasteiger partial charge >= 0.3 is 0 Å². The molecule has 5 aromatic rings. The van der Waals surface area contributed by atoms with Gasteiger partial charge < -0.3 is 5.32 Å². The SMILES string of the molecule is Cc1ccc2nc(CC(=O)[C@H](Cc3ccccc3)NC(=O)/C=C/c3cc(Cl)ccc3-n3cnnn3)sc2c1. The number of thiazole rings is 1. The van der Waals surface area contributed by atoms with Gasteiger partial charge in [0.15, 0.2) is 5.78 Å². The van der Waals surface area contributed by atoms with Gasteiger partial charge in [-0.3, -0.25) is 9.59 Å². The number of aryl methyl sites for hydroxylation is 1. The number of hydrogen-bond donors (Lipinski definition) is 1. The first-order valence-corrected chi connectivity index (χ1v) is 13.1. The van der Waals surface area contributed by atoms with E-state index >= 15 is 0 Å². The van der Waals surface area contributed by atoms with Gasteiger partial charge in [0.2, 0.25) is 5.91 Å². The number of ketones is 1. The normalized spacial score (nSPS) is 12.2. The second-order valence-corrected chi connectivity index (χ2v) is 10.3. The first-order valence-electron chi connectivity index (χ1n) is 11.9. The molecule has 1 amide bonds. The molecule has 0 saturated carbocycles. The van der Waals surface area contributed by atoms with Crippen molar-refractivity contribution in [2.75, 3.05) is 0 Å². The molecule has 0 saturated heterocycles. The van der Waals surface area contributed by atoms with Crippen LogP contribution in [-0.2, 0) is 22.4 Å². The number of amides is 1. The van der Waals surface area contributed by atoms with Gasteiger partial charge in [-0.05, 0) is 71.3 Å². The third-order valence-corrected chi connectivity index (χ3v) is 7.15. The molecule has 0 radical (unpaired) electrons. The Kier molecular flexibility index (Phi) is 7.67. The highest BCUT2D eigenvalue weighted by molar-refractivity contribution is 7.18. The fourth-order valence-corrected chi connectivity index (χ4v) is 5.30. The second kappa shape index (κ2) is 11.5. The number of fused-ring (bicyclic) bond motifs is 1. The molecule has 10 heteroatoms. The van der Waals surface area contributed by atoms with Crippen LogP contribution in [-0.4, -0.2) is 42.9 Å². The Morgan fingerprint density at radius 1 is 1.11 bits per heavy atom. The molecule has 190 valence electrons. The van der Waals surface area contributed by atoms with Crippen molar-refractivity contribution < 1.29 is 9.59 Å². The van der Waals surface area contributed by atoms with Gasteiger partial charge in [-0.2, -0.15) is 4.68 Å². The summed E-state index contributed by atoms with van der Waals surface area (Å²) in [4.78, 5) is 31.0. The van der Waals surface area contributed by atoms with E-state index < -0.39 is 11.9 Å². The number of hydrogen-bond acceptors (Lipinski definition) is 7. The lowest BCUT2D eigenvalue weighted by Gasteiger charge is -2.16. The number of Topliss-reactive ketones (excluding diaryl/α,β-unsaturated/α-hetero) is 1. The standard InChI is InChI=1S/C28H23ClN6O2S/c1-18-7-10-22-26(13-18)38-28(32-22)16-25(36)23(14-19-5-3-2-4-6-19)31-27(37)12-8-20-15-21(29)9-11-24(20)35-17-30-33-34-35/h2-13,15,17,23H,14,16H2,1H3,(H,31,37)/b12-8+/t23-/m0/s1. The van der Waals surface area contributed by atoms with Crippen LogP contribution in [0.1, 0.15) is 21.7 Å². The number of rotatable bonds is 9. The van der Waals surface area contributed by atoms with Crippen molar-refractivity contribution in [3.63, 3.8) is 0 Å². The molecule has 1 N–H and O–H groups in total. The molecule has 0 fully saturated rings. The minimum Gasteiger partial charge on any atom is -0.342 e. The van der Waals surface area contributed by atoms with Crippen LogP contribution in [0.2, 0.25) is 5.02 Å². The Balaban J connectivity index is 1.35. The van der Waals surface area contributed by atoms with Crippen molar-refractivity contribution in [1.29, 1.82) is 0 Å². The zero-order chi connectivity index (χ0) is 26.5. The highest BCUT2D eigenvalue weighted by Crippen LogP contribution is 2.24. The number of aromatic nitrogens is 5. The summed E-state index contributed by atoms with van der Waals surface area (Å²) in [5, 5.41) is 15.4. The van der Waals surface area contributed by atoms with Crippen LogP contribution in [0.4, 0.5) is 0 Å². The van der Waals surface area contributed by atoms with Crippen LogP contribution in [0.15, 0.2) is 79.1 Å². The molecular weight excluding hydrogens is 520 g/mol. The van der Waals surface area contributed by atoms with Crippen molar-refractivity contribution >= 4 is 50.9 Å². The Bertz CT molecular complexity index is 1620. The molecular formula is C28H23ClN6O2S. The number of benzene rings is 3. The van der Waals surface area contributed by atoms with Gasteiger partial charge in [-0.25, -0.2) is 4.98 Å². The molecule has 2 heterocycles. The average Bonchev–Trinajstić information content (AvgIpc) is 3.57. The van der Waals surface area contributed by atoms with E-state index in [2.05, 4.69) is 31.9 Å². The summed E-state index contributed by atoms with van der Waals surface area (Å²) in [5.74, 6) is -0.509. The second-order valence-electron chi connectivity index (χ2n) is 8.76. The Morgan fingerprint density at radius 3 is 2.74 bits per heavy atom. The summed E-state index contributed by atoms with van der Waals surface area (Å²) in [5.41, 5.74) is 4.27. The summed E-state index contributed by atoms with van der Waals surface area (Å²) in [6.07, 6.45) is 4.97. The lowest BCUT2D eigenvalue weighted by molar-refractivity contribution is -0.125. The van der Waals surface area contributed by atoms with E-state index in [0.717, 1.165) is 26.4 Å². The summed E-state index contributed by atoms with van der Waals surface area (Å²) in [7, 11) is 0. The molecule has 2 aromatic heterocycles. The summed E-state index contributed by atoms with van der Waals surface area (Å²) < 4.78 is 2.52. The van der Waals surface area contributed by atoms with Crippen molar-refractivity contribution in [2.45, 2.75) is 25.8 Å². The predicted molar refractivity (Wildman–Crippen MR) is 148 cm³/mol. The average molecular weight is 543 g/mol. The molecule has 0 aliphatic heterocycles. The number of nitrogens with one attached hydrogen (secondary N) is 1. The molecule has 0 aliphatic rings. The minimum atomic E-state index is -0.721. The fourth-order valence-electron chi connectivity index (χ4n) is 4.05. The summed E-state index contributed by atoms with van der Waals surface area (Å²) in [6, 6.07) is 20.1. The van der Waals surface area contributed by atoms with Crippen molar-refractivity contribution in [1.82, 2.24) is 30.5 Å². The number of tetrazole rings is 1. The highest BCUT2D eigenvalue weighted by Gasteiger charge is 2.22. The van der Waals surface area contributed by atoms with Gasteiger partial charge in [-0.1, -0.05) is 48.0 Å². The molecule has 0 aliphatic carbocycles. The maximum atomic E-state index is 13.4. The van der Waals surface area contributed by atoms with E-state index in [9.17, 15) is 9.59 Å². The molecule has 0 unspecified atom stereocenters. The van der Waals surface area contributed by atoms with Gasteiger partial charge in [-0.15, -0.1) is 16.4 Å². The van der Waals surface area contributed by atoms with Gasteiger partial charge in [0.25, 0.3) is 0 Å². The van der Waals surface area contributed by atoms with Crippen LogP contribution in [0.3, 0.4) is 0 Å². The number of carbonyl (C=O) groups excluding carboxylic acids is 2. The predicted octanol–water partition coefficient (Wildman–Crippen LogP) is 4.79. The van der Waals surface area contributed by atoms with E-state index in [1.54, 1.807) is 24.3 Å². The van der Waals surface area contributed by atoms with Crippen molar-refractivity contribution in [3.8, 4) is 5.69 Å². The monoisotopic (exact) mass is 542 g/mol. The lowest BCUT2D eigenvalue weighted by Crippen LogP contribution is -2.42. The molecule has 8 nitrogen and oxygen atoms in total. The van der Waals surface area contributed by atoms with Crippen molar-refractivity contribution in [2.24, 2.45) is 0 Å². The number of carbonyl (C=O) groups is 2. The third-order valence-electron chi connectivity index (χ3n) is 5.90. The topological polar surface area (TPSA) is 103 Å². The largest absolute Gasteiger partial charge is 0.342 e. The first kappa shape index (κ1) is 25.4. The first-order chi connectivity index (χ1) is 18.4. The number of halogens is 1. The van der Waals surface area contributed by atoms with E-state index in [-0.39, 0.29) is 12.2 Å². The van der Waals surface area contributed by atoms with Crippen LogP contribution >= 0.6 is 22.9 Å². The Hall–Kier alpha value is -4.21. The van der Waals surface area contributed by atoms with Gasteiger partial charge in [0.1, 0.15) is 11.3 Å². The van der Waals surface area contributed by atoms with Crippen molar-refractivity contribution in [3.05, 3.63) is 106 Å². The molecule has 5 rings (SSSR count). The molecule has 1 atom stereocenters. The molecule has 0 bridgehead atoms. The maximum absolute atomic E-state index is 13.4. The summed E-state index contributed by atoms with van der Waals surface area (Å²) >= 11 is 7.68. The fraction of sp³-hybridized carbons (Fsp3) is 0.143. The van der Waals surface area contributed by atoms with Gasteiger partial charge in [0.05, 0.1) is 28.4 Å². The van der Waals surface area contributed by atoms with E-state index in [4.69, 9.17) is 11.6 Å². The van der Waals surface area contributed by atoms with E-state index in [1.807, 2.05) is 49.4 Å². The number of nitrogens with zero attached hydrogens (tertiary/aromatic N) is 5. The van der Waals surface area contributed by atoms with E-state index in [1.165, 1.54) is 28.4 Å². The van der Waals surface area contributed by atoms with Crippen LogP contribution in [0.5, 0.6) is 0 Å². The zero-order valence-electron chi connectivity index (χ0n) is 20.4. The molecule has 3 aromatic carbocycles. The van der Waals surface area contributed by atoms with Crippen LogP contribution in [0, 0.1) is 6.92 Å².